The average Bonchev–Trinajstić information content (AvgIpc) is 2.66. The summed E-state index contributed by atoms with van der Waals surface area (Å²) in [5, 5.41) is 10.2. The summed E-state index contributed by atoms with van der Waals surface area (Å²) in [5.74, 6) is -0.217. The van der Waals surface area contributed by atoms with Crippen molar-refractivity contribution in [3.05, 3.63) is 72.1 Å². The number of hydrogen-bond donors (Lipinski definition) is 3. The molecule has 0 saturated carbocycles. The smallest absolute Gasteiger partial charge is 0.319 e. The monoisotopic (exact) mass is 362 g/mol. The first-order valence-corrected chi connectivity index (χ1v) is 8.81. The highest BCUT2D eigenvalue weighted by atomic mass is 16.2. The van der Waals surface area contributed by atoms with E-state index < -0.39 is 0 Å². The van der Waals surface area contributed by atoms with Crippen LogP contribution in [0.1, 0.15) is 29.9 Å². The largest absolute Gasteiger partial charge is 0.347 e. The lowest BCUT2D eigenvalue weighted by atomic mass is 10.1. The van der Waals surface area contributed by atoms with E-state index in [1.54, 1.807) is 18.3 Å². The van der Waals surface area contributed by atoms with E-state index in [1.165, 1.54) is 0 Å². The van der Waals surface area contributed by atoms with Crippen LogP contribution in [0.3, 0.4) is 0 Å². The van der Waals surface area contributed by atoms with E-state index in [-0.39, 0.29) is 18.0 Å². The van der Waals surface area contributed by atoms with Crippen molar-refractivity contribution >= 4 is 28.4 Å². The number of hydrogen-bond acceptors (Lipinski definition) is 3. The predicted octanol–water partition coefficient (Wildman–Crippen LogP) is 3.69. The van der Waals surface area contributed by atoms with Crippen LogP contribution in [0, 0.1) is 0 Å². The molecular formula is C21H22N4O2. The molecule has 0 aliphatic heterocycles. The number of carbonyl (C=O) groups is 2. The number of nitrogens with zero attached hydrogens (tertiary/aromatic N) is 1. The lowest BCUT2D eigenvalue weighted by Crippen LogP contribution is -2.34. The van der Waals surface area contributed by atoms with Crippen LogP contribution in [0.15, 0.2) is 60.8 Å². The fourth-order valence-corrected chi connectivity index (χ4v) is 2.70. The van der Waals surface area contributed by atoms with Crippen molar-refractivity contribution in [2.75, 3.05) is 5.32 Å². The number of aromatic nitrogens is 1. The van der Waals surface area contributed by atoms with Gasteiger partial charge in [-0.3, -0.25) is 9.78 Å². The van der Waals surface area contributed by atoms with E-state index in [4.69, 9.17) is 0 Å². The Kier molecular flexibility index (Phi) is 5.66. The predicted molar refractivity (Wildman–Crippen MR) is 107 cm³/mol. The maximum absolute atomic E-state index is 12.5. The highest BCUT2D eigenvalue weighted by Gasteiger charge is 2.11. The molecule has 0 bridgehead atoms. The van der Waals surface area contributed by atoms with Gasteiger partial charge in [0, 0.05) is 29.9 Å². The summed E-state index contributed by atoms with van der Waals surface area (Å²) in [4.78, 5) is 28.4. The van der Waals surface area contributed by atoms with Gasteiger partial charge in [0.05, 0.1) is 0 Å². The normalized spacial score (nSPS) is 10.6. The molecule has 3 amide bonds. The Balaban J connectivity index is 1.61. The number of pyridine rings is 1. The molecular weight excluding hydrogens is 340 g/mol. The highest BCUT2D eigenvalue weighted by molar-refractivity contribution is 6.05. The molecule has 0 aliphatic carbocycles. The van der Waals surface area contributed by atoms with Crippen molar-refractivity contribution in [2.45, 2.75) is 26.4 Å². The third-order valence-electron chi connectivity index (χ3n) is 3.97. The Bertz CT molecular complexity index is 947. The summed E-state index contributed by atoms with van der Waals surface area (Å²) in [7, 11) is 0. The van der Waals surface area contributed by atoms with Crippen molar-refractivity contribution in [1.29, 1.82) is 0 Å². The minimum Gasteiger partial charge on any atom is -0.347 e. The first-order chi connectivity index (χ1) is 13.0. The van der Waals surface area contributed by atoms with Gasteiger partial charge in [-0.1, -0.05) is 36.4 Å². The van der Waals surface area contributed by atoms with Crippen LogP contribution < -0.4 is 16.0 Å². The van der Waals surface area contributed by atoms with Gasteiger partial charge >= 0.3 is 6.03 Å². The van der Waals surface area contributed by atoms with Crippen LogP contribution in [0.4, 0.5) is 10.5 Å². The fraction of sp³-hybridized carbons (Fsp3) is 0.190. The van der Waals surface area contributed by atoms with Crippen molar-refractivity contribution < 1.29 is 9.59 Å². The molecule has 1 aromatic heterocycles. The summed E-state index contributed by atoms with van der Waals surface area (Å²) in [6.07, 6.45) is 1.64. The molecule has 27 heavy (non-hydrogen) atoms. The molecule has 1 heterocycles. The fourth-order valence-electron chi connectivity index (χ4n) is 2.70. The molecule has 0 radical (unpaired) electrons. The lowest BCUT2D eigenvalue weighted by Gasteiger charge is -2.11. The van der Waals surface area contributed by atoms with E-state index in [9.17, 15) is 9.59 Å². The van der Waals surface area contributed by atoms with Crippen LogP contribution in [-0.2, 0) is 6.54 Å². The number of anilines is 1. The Morgan fingerprint density at radius 2 is 1.74 bits per heavy atom. The number of benzene rings is 2. The maximum Gasteiger partial charge on any atom is 0.319 e. The molecule has 0 aliphatic rings. The number of fused-ring (bicyclic) bond motifs is 1. The third kappa shape index (κ3) is 4.82. The second kappa shape index (κ2) is 8.31. The van der Waals surface area contributed by atoms with E-state index in [1.807, 2.05) is 56.3 Å². The topological polar surface area (TPSA) is 83.1 Å². The van der Waals surface area contributed by atoms with Crippen molar-refractivity contribution in [2.24, 2.45) is 0 Å². The standard InChI is InChI=1S/C21H22N4O2/c1-14(2)24-21(27)25-17-9-7-15(8-10-17)13-23-20(26)19-18-6-4-3-5-16(18)11-12-22-19/h3-12,14H,13H2,1-2H3,(H,23,26)(H2,24,25,27). The molecule has 3 aromatic rings. The molecule has 0 saturated heterocycles. The maximum atomic E-state index is 12.5. The number of urea groups is 1. The van der Waals surface area contributed by atoms with E-state index in [2.05, 4.69) is 20.9 Å². The van der Waals surface area contributed by atoms with Gasteiger partial charge in [-0.15, -0.1) is 0 Å². The minimum atomic E-state index is -0.243. The third-order valence-corrected chi connectivity index (χ3v) is 3.97. The Morgan fingerprint density at radius 3 is 2.48 bits per heavy atom. The summed E-state index contributed by atoms with van der Waals surface area (Å²) < 4.78 is 0. The quantitative estimate of drug-likeness (QED) is 0.647. The number of nitrogens with one attached hydrogen (secondary N) is 3. The highest BCUT2D eigenvalue weighted by Crippen LogP contribution is 2.16. The van der Waals surface area contributed by atoms with Gasteiger partial charge in [-0.05, 0) is 43.0 Å². The Labute approximate surface area is 158 Å². The second-order valence-electron chi connectivity index (χ2n) is 6.51. The molecule has 138 valence electrons. The Hall–Kier alpha value is -3.41. The molecule has 3 N–H and O–H groups in total. The molecule has 3 rings (SSSR count). The number of amides is 3. The molecule has 6 heteroatoms. The number of carbonyl (C=O) groups excluding carboxylic acids is 2. The number of rotatable bonds is 5. The summed E-state index contributed by atoms with van der Waals surface area (Å²) in [6, 6.07) is 16.7. The van der Waals surface area contributed by atoms with Crippen molar-refractivity contribution in [1.82, 2.24) is 15.6 Å². The summed E-state index contributed by atoms with van der Waals surface area (Å²) >= 11 is 0. The lowest BCUT2D eigenvalue weighted by molar-refractivity contribution is 0.0947. The zero-order valence-electron chi connectivity index (χ0n) is 15.3. The first-order valence-electron chi connectivity index (χ1n) is 8.81. The van der Waals surface area contributed by atoms with Gasteiger partial charge in [-0.2, -0.15) is 0 Å². The molecule has 0 spiro atoms. The minimum absolute atomic E-state index is 0.0714. The van der Waals surface area contributed by atoms with Crippen molar-refractivity contribution in [3.63, 3.8) is 0 Å². The van der Waals surface area contributed by atoms with Gasteiger partial charge in [0.2, 0.25) is 0 Å². The van der Waals surface area contributed by atoms with E-state index in [0.717, 1.165) is 16.3 Å². The van der Waals surface area contributed by atoms with Gasteiger partial charge in [0.1, 0.15) is 5.69 Å². The molecule has 0 unspecified atom stereocenters. The molecule has 6 nitrogen and oxygen atoms in total. The van der Waals surface area contributed by atoms with Crippen LogP contribution in [0.5, 0.6) is 0 Å². The van der Waals surface area contributed by atoms with Crippen LogP contribution >= 0.6 is 0 Å². The van der Waals surface area contributed by atoms with Crippen molar-refractivity contribution in [3.8, 4) is 0 Å². The van der Waals surface area contributed by atoms with Gasteiger partial charge in [0.25, 0.3) is 5.91 Å². The Morgan fingerprint density at radius 1 is 1.00 bits per heavy atom. The average molecular weight is 362 g/mol. The van der Waals surface area contributed by atoms with Gasteiger partial charge in [-0.25, -0.2) is 4.79 Å². The van der Waals surface area contributed by atoms with Crippen LogP contribution in [0.25, 0.3) is 10.8 Å². The molecule has 0 atom stereocenters. The van der Waals surface area contributed by atoms with E-state index in [0.29, 0.717) is 17.9 Å². The zero-order chi connectivity index (χ0) is 19.2. The summed E-state index contributed by atoms with van der Waals surface area (Å²) in [6.45, 7) is 4.18. The van der Waals surface area contributed by atoms with Crippen LogP contribution in [0.2, 0.25) is 0 Å². The molecule has 2 aromatic carbocycles. The summed E-state index contributed by atoms with van der Waals surface area (Å²) in [5.41, 5.74) is 2.04. The second-order valence-corrected chi connectivity index (χ2v) is 6.51. The molecule has 0 fully saturated rings. The first kappa shape index (κ1) is 18.4. The van der Waals surface area contributed by atoms with E-state index >= 15 is 0 Å². The zero-order valence-corrected chi connectivity index (χ0v) is 15.3. The van der Waals surface area contributed by atoms with Gasteiger partial charge < -0.3 is 16.0 Å². The SMILES string of the molecule is CC(C)NC(=O)Nc1ccc(CNC(=O)c2nccc3ccccc23)cc1. The van der Waals surface area contributed by atoms with Crippen LogP contribution in [-0.4, -0.2) is 23.0 Å². The van der Waals surface area contributed by atoms with Gasteiger partial charge in [0.15, 0.2) is 0 Å².